The van der Waals surface area contributed by atoms with E-state index in [0.29, 0.717) is 0 Å². The van der Waals surface area contributed by atoms with Crippen molar-refractivity contribution in [3.63, 3.8) is 0 Å². The van der Waals surface area contributed by atoms with Gasteiger partial charge in [-0.3, -0.25) is 0 Å². The fourth-order valence-electron chi connectivity index (χ4n) is 6.76. The minimum absolute atomic E-state index is 0.00406. The van der Waals surface area contributed by atoms with Crippen molar-refractivity contribution in [3.8, 4) is 0 Å². The lowest BCUT2D eigenvalue weighted by molar-refractivity contribution is -0.293. The van der Waals surface area contributed by atoms with Gasteiger partial charge in [0, 0.05) is 7.11 Å². The van der Waals surface area contributed by atoms with E-state index in [-0.39, 0.29) is 38.5 Å². The van der Waals surface area contributed by atoms with E-state index in [2.05, 4.69) is 0 Å². The zero-order valence-corrected chi connectivity index (χ0v) is 25.4. The molecule has 0 aromatic carbocycles. The Bertz CT molecular complexity index is 857. The van der Waals surface area contributed by atoms with Crippen molar-refractivity contribution in [1.82, 2.24) is 0 Å². The molecule has 0 aromatic rings. The summed E-state index contributed by atoms with van der Waals surface area (Å²) < 4.78 is 27.8. The predicted octanol–water partition coefficient (Wildman–Crippen LogP) is -6.68. The van der Waals surface area contributed by atoms with Gasteiger partial charge in [-0.05, 0) is 38.5 Å². The fraction of sp³-hybridized carbons (Fsp3) is 1.00. The Labute approximate surface area is 264 Å². The molecule has 0 bridgehead atoms. The third-order valence-corrected chi connectivity index (χ3v) is 9.72. The molecule has 0 amide bonds. The Balaban J connectivity index is 1.33. The van der Waals surface area contributed by atoms with E-state index in [1.54, 1.807) is 0 Å². The van der Waals surface area contributed by atoms with Gasteiger partial charge >= 0.3 is 0 Å². The molecule has 4 fully saturated rings. The lowest BCUT2D eigenvalue weighted by Gasteiger charge is -2.44. The standard InChI is InChI=1S/C28H50O18/c1-42-28-27(41)26(40)21(35)14(46-28)7-6-12-19(33)24(38)17(31)10(44-12)3-2-9-16(30)23(37)18(32)11(43-9)4-5-13-20(34)25(39)22(36)15(8-29)45-13/h9-41H,2-8H2,1H3/t9-,10+,11+,12-,13-,14+,15+,16-,17-,18-,19-,20-,21-,22-,23+,24-,25+,26-,27+,28-/m0/s1. The molecule has 18 nitrogen and oxygen atoms in total. The number of rotatable bonds is 11. The topological polar surface area (TPSA) is 309 Å². The third-order valence-electron chi connectivity index (χ3n) is 9.72. The maximum Gasteiger partial charge on any atom is 0.186 e. The first-order valence-electron chi connectivity index (χ1n) is 15.6. The molecule has 4 rings (SSSR count). The second kappa shape index (κ2) is 16.3. The largest absolute Gasteiger partial charge is 0.394 e. The van der Waals surface area contributed by atoms with Crippen LogP contribution in [0.5, 0.6) is 0 Å². The summed E-state index contributed by atoms with van der Waals surface area (Å²) in [6.07, 6.45) is -27.4. The molecule has 0 aliphatic carbocycles. The summed E-state index contributed by atoms with van der Waals surface area (Å²) in [5.41, 5.74) is 0. The number of methoxy groups -OCH3 is 1. The molecule has 4 heterocycles. The molecule has 0 unspecified atom stereocenters. The van der Waals surface area contributed by atoms with Crippen molar-refractivity contribution in [2.45, 2.75) is 161 Å². The minimum Gasteiger partial charge on any atom is -0.394 e. The van der Waals surface area contributed by atoms with Crippen molar-refractivity contribution in [2.24, 2.45) is 0 Å². The number of aliphatic hydroxyl groups excluding tert-OH is 13. The number of hydrogen-bond donors (Lipinski definition) is 13. The molecule has 4 aliphatic rings. The van der Waals surface area contributed by atoms with Crippen LogP contribution in [0.1, 0.15) is 38.5 Å². The molecule has 0 saturated carbocycles. The zero-order chi connectivity index (χ0) is 34.0. The smallest absolute Gasteiger partial charge is 0.186 e. The predicted molar refractivity (Wildman–Crippen MR) is 149 cm³/mol. The summed E-state index contributed by atoms with van der Waals surface area (Å²) in [7, 11) is 1.25. The van der Waals surface area contributed by atoms with Gasteiger partial charge in [0.15, 0.2) is 6.29 Å². The second-order valence-electron chi connectivity index (χ2n) is 12.7. The molecule has 0 radical (unpaired) electrons. The molecule has 46 heavy (non-hydrogen) atoms. The van der Waals surface area contributed by atoms with E-state index in [0.717, 1.165) is 0 Å². The van der Waals surface area contributed by atoms with Gasteiger partial charge in [0.25, 0.3) is 0 Å². The van der Waals surface area contributed by atoms with Gasteiger partial charge in [-0.1, -0.05) is 0 Å². The molecule has 4 saturated heterocycles. The van der Waals surface area contributed by atoms with Crippen molar-refractivity contribution in [2.75, 3.05) is 13.7 Å². The first-order chi connectivity index (χ1) is 21.7. The highest BCUT2D eigenvalue weighted by Gasteiger charge is 2.49. The van der Waals surface area contributed by atoms with E-state index >= 15 is 0 Å². The van der Waals surface area contributed by atoms with Crippen LogP contribution in [0.25, 0.3) is 0 Å². The Kier molecular flexibility index (Phi) is 13.5. The normalized spacial score (nSPS) is 52.0. The molecular formula is C28H50O18. The maximum atomic E-state index is 10.6. The van der Waals surface area contributed by atoms with Crippen molar-refractivity contribution < 1.29 is 90.1 Å². The molecule has 0 spiro atoms. The molecule has 18 heteroatoms. The fourth-order valence-corrected chi connectivity index (χ4v) is 6.76. The first kappa shape index (κ1) is 38.1. The summed E-state index contributed by atoms with van der Waals surface area (Å²) in [5.74, 6) is 0. The van der Waals surface area contributed by atoms with Gasteiger partial charge in [0.1, 0.15) is 79.4 Å². The minimum atomic E-state index is -1.64. The summed E-state index contributed by atoms with van der Waals surface area (Å²) in [5, 5.41) is 134. The van der Waals surface area contributed by atoms with Crippen LogP contribution in [-0.4, -0.2) is 202 Å². The molecule has 13 N–H and O–H groups in total. The Morgan fingerprint density at radius 2 is 0.587 bits per heavy atom. The lowest BCUT2D eigenvalue weighted by Crippen LogP contribution is -2.60. The van der Waals surface area contributed by atoms with Crippen LogP contribution in [0.2, 0.25) is 0 Å². The van der Waals surface area contributed by atoms with E-state index in [1.807, 2.05) is 0 Å². The van der Waals surface area contributed by atoms with Crippen LogP contribution in [0, 0.1) is 0 Å². The highest BCUT2D eigenvalue weighted by atomic mass is 16.7. The zero-order valence-electron chi connectivity index (χ0n) is 25.4. The number of ether oxygens (including phenoxy) is 5. The van der Waals surface area contributed by atoms with Crippen molar-refractivity contribution in [3.05, 3.63) is 0 Å². The Morgan fingerprint density at radius 3 is 0.870 bits per heavy atom. The van der Waals surface area contributed by atoms with Crippen LogP contribution >= 0.6 is 0 Å². The quantitative estimate of drug-likeness (QED) is 0.0968. The summed E-state index contributed by atoms with van der Waals surface area (Å²) in [4.78, 5) is 0. The van der Waals surface area contributed by atoms with Crippen LogP contribution in [0.4, 0.5) is 0 Å². The first-order valence-corrected chi connectivity index (χ1v) is 15.6. The molecule has 0 aromatic heterocycles. The average molecular weight is 675 g/mol. The lowest BCUT2D eigenvalue weighted by atomic mass is 9.86. The van der Waals surface area contributed by atoms with E-state index in [1.165, 1.54) is 7.11 Å². The van der Waals surface area contributed by atoms with Crippen LogP contribution in [-0.2, 0) is 23.7 Å². The molecular weight excluding hydrogens is 624 g/mol. The van der Waals surface area contributed by atoms with Gasteiger partial charge in [-0.2, -0.15) is 0 Å². The monoisotopic (exact) mass is 674 g/mol. The van der Waals surface area contributed by atoms with Gasteiger partial charge in [-0.25, -0.2) is 0 Å². The SMILES string of the molecule is CO[C@H]1O[C@H](CC[C@@H]2O[C@H](CC[C@@H]3O[C@H](CC[C@@H]4O[C@H](CO)[C@H](O)[C@H](O)[C@H]4O)[C@H](O)[C@H](O)[C@H]3O)[C@H](O)[C@H](O)[C@H]2O)[C@H](O)[C@H](O)[C@H]1O. The van der Waals surface area contributed by atoms with Crippen LogP contribution < -0.4 is 0 Å². The molecule has 4 aliphatic heterocycles. The van der Waals surface area contributed by atoms with Crippen LogP contribution in [0.3, 0.4) is 0 Å². The summed E-state index contributed by atoms with van der Waals surface area (Å²) >= 11 is 0. The van der Waals surface area contributed by atoms with Crippen molar-refractivity contribution >= 4 is 0 Å². The number of hydrogen-bond acceptors (Lipinski definition) is 18. The summed E-state index contributed by atoms with van der Waals surface area (Å²) in [6.45, 7) is -0.615. The van der Waals surface area contributed by atoms with E-state index in [4.69, 9.17) is 23.7 Å². The average Bonchev–Trinajstić information content (AvgIpc) is 3.05. The maximum absolute atomic E-state index is 10.6. The van der Waals surface area contributed by atoms with E-state index < -0.39 is 129 Å². The van der Waals surface area contributed by atoms with E-state index in [9.17, 15) is 66.4 Å². The van der Waals surface area contributed by atoms with Crippen molar-refractivity contribution in [1.29, 1.82) is 0 Å². The number of aliphatic hydroxyl groups is 13. The van der Waals surface area contributed by atoms with Gasteiger partial charge in [-0.15, -0.1) is 0 Å². The highest BCUT2D eigenvalue weighted by molar-refractivity contribution is 4.98. The van der Waals surface area contributed by atoms with Gasteiger partial charge in [0.2, 0.25) is 0 Å². The Morgan fingerprint density at radius 1 is 0.348 bits per heavy atom. The Hall–Kier alpha value is -0.720. The molecule has 20 atom stereocenters. The van der Waals surface area contributed by atoms with Gasteiger partial charge < -0.3 is 90.1 Å². The third kappa shape index (κ3) is 8.01. The molecule has 270 valence electrons. The highest BCUT2D eigenvalue weighted by Crippen LogP contribution is 2.33. The summed E-state index contributed by atoms with van der Waals surface area (Å²) in [6, 6.07) is 0. The van der Waals surface area contributed by atoms with Crippen LogP contribution in [0.15, 0.2) is 0 Å². The second-order valence-corrected chi connectivity index (χ2v) is 12.7. The van der Waals surface area contributed by atoms with Gasteiger partial charge in [0.05, 0.1) is 43.2 Å².